The van der Waals surface area contributed by atoms with Crippen LogP contribution in [0, 0.1) is 5.92 Å². The summed E-state index contributed by atoms with van der Waals surface area (Å²) in [6.45, 7) is 6.93. The van der Waals surface area contributed by atoms with E-state index in [9.17, 15) is 4.79 Å². The summed E-state index contributed by atoms with van der Waals surface area (Å²) < 4.78 is 5.37. The van der Waals surface area contributed by atoms with E-state index >= 15 is 0 Å². The van der Waals surface area contributed by atoms with Crippen LogP contribution in [0.25, 0.3) is 0 Å². The molecule has 1 saturated heterocycles. The molecule has 1 amide bonds. The normalized spacial score (nSPS) is 17.3. The SMILES string of the molecule is CC(C)c1nnc(NC(=O)CN2CCC(CCN)CC2)o1. The van der Waals surface area contributed by atoms with Crippen LogP contribution in [0.4, 0.5) is 6.01 Å². The van der Waals surface area contributed by atoms with Gasteiger partial charge in [-0.25, -0.2) is 0 Å². The molecule has 0 spiro atoms. The molecule has 2 rings (SSSR count). The molecule has 1 aliphatic heterocycles. The molecular weight excluding hydrogens is 270 g/mol. The number of aromatic nitrogens is 2. The third kappa shape index (κ3) is 4.78. The fourth-order valence-corrected chi connectivity index (χ4v) is 2.55. The van der Waals surface area contributed by atoms with E-state index in [1.807, 2.05) is 13.8 Å². The fourth-order valence-electron chi connectivity index (χ4n) is 2.55. The van der Waals surface area contributed by atoms with Crippen LogP contribution in [0.15, 0.2) is 4.42 Å². The lowest BCUT2D eigenvalue weighted by Gasteiger charge is -2.31. The monoisotopic (exact) mass is 295 g/mol. The average molecular weight is 295 g/mol. The van der Waals surface area contributed by atoms with Gasteiger partial charge < -0.3 is 10.2 Å². The quantitative estimate of drug-likeness (QED) is 0.818. The first-order chi connectivity index (χ1) is 10.1. The molecule has 21 heavy (non-hydrogen) atoms. The van der Waals surface area contributed by atoms with Gasteiger partial charge in [-0.3, -0.25) is 15.0 Å². The predicted octanol–water partition coefficient (Wildman–Crippen LogP) is 1.19. The van der Waals surface area contributed by atoms with E-state index < -0.39 is 0 Å². The van der Waals surface area contributed by atoms with Gasteiger partial charge in [-0.1, -0.05) is 18.9 Å². The van der Waals surface area contributed by atoms with Crippen molar-refractivity contribution in [2.75, 3.05) is 31.5 Å². The first-order valence-corrected chi connectivity index (χ1v) is 7.64. The molecule has 0 saturated carbocycles. The zero-order valence-corrected chi connectivity index (χ0v) is 12.8. The van der Waals surface area contributed by atoms with Crippen LogP contribution in [0.5, 0.6) is 0 Å². The van der Waals surface area contributed by atoms with Crippen molar-refractivity contribution < 1.29 is 9.21 Å². The van der Waals surface area contributed by atoms with E-state index in [-0.39, 0.29) is 17.8 Å². The molecule has 1 aliphatic rings. The second kappa shape index (κ2) is 7.51. The lowest BCUT2D eigenvalue weighted by Crippen LogP contribution is -2.39. The highest BCUT2D eigenvalue weighted by Crippen LogP contribution is 2.19. The minimum atomic E-state index is -0.105. The molecular formula is C14H25N5O2. The van der Waals surface area contributed by atoms with Crippen LogP contribution in [-0.4, -0.2) is 47.2 Å². The van der Waals surface area contributed by atoms with Crippen LogP contribution in [0.3, 0.4) is 0 Å². The summed E-state index contributed by atoms with van der Waals surface area (Å²) in [5, 5.41) is 10.4. The number of likely N-dealkylation sites (tertiary alicyclic amines) is 1. The van der Waals surface area contributed by atoms with Crippen LogP contribution in [0.2, 0.25) is 0 Å². The number of anilines is 1. The number of nitrogens with two attached hydrogens (primary N) is 1. The molecule has 7 nitrogen and oxygen atoms in total. The molecule has 3 N–H and O–H groups in total. The van der Waals surface area contributed by atoms with Crippen molar-refractivity contribution in [3.8, 4) is 0 Å². The Morgan fingerprint density at radius 2 is 2.14 bits per heavy atom. The first kappa shape index (κ1) is 15.9. The Labute approximate surface area is 125 Å². The van der Waals surface area contributed by atoms with Gasteiger partial charge >= 0.3 is 6.01 Å². The summed E-state index contributed by atoms with van der Waals surface area (Å²) in [5.74, 6) is 1.29. The molecule has 7 heteroatoms. The van der Waals surface area contributed by atoms with Crippen molar-refractivity contribution in [3.05, 3.63) is 5.89 Å². The summed E-state index contributed by atoms with van der Waals surface area (Å²) in [6.07, 6.45) is 3.31. The van der Waals surface area contributed by atoms with E-state index in [2.05, 4.69) is 20.4 Å². The second-order valence-electron chi connectivity index (χ2n) is 5.95. The molecule has 0 bridgehead atoms. The number of carbonyl (C=O) groups is 1. The number of piperidine rings is 1. The van der Waals surface area contributed by atoms with E-state index in [0.29, 0.717) is 18.4 Å². The van der Waals surface area contributed by atoms with Crippen molar-refractivity contribution in [2.45, 2.75) is 39.0 Å². The molecule has 0 aliphatic carbocycles. The van der Waals surface area contributed by atoms with Gasteiger partial charge in [0.25, 0.3) is 0 Å². The smallest absolute Gasteiger partial charge is 0.322 e. The highest BCUT2D eigenvalue weighted by molar-refractivity contribution is 5.90. The number of carbonyl (C=O) groups excluding carboxylic acids is 1. The first-order valence-electron chi connectivity index (χ1n) is 7.64. The van der Waals surface area contributed by atoms with E-state index in [1.54, 1.807) is 0 Å². The average Bonchev–Trinajstić information content (AvgIpc) is 2.90. The van der Waals surface area contributed by atoms with Gasteiger partial charge in [-0.2, -0.15) is 0 Å². The number of hydrogen-bond acceptors (Lipinski definition) is 6. The maximum atomic E-state index is 12.0. The molecule has 2 heterocycles. The van der Waals surface area contributed by atoms with Gasteiger partial charge in [0.2, 0.25) is 11.8 Å². The second-order valence-corrected chi connectivity index (χ2v) is 5.95. The molecule has 0 aromatic carbocycles. The number of hydrogen-bond donors (Lipinski definition) is 2. The predicted molar refractivity (Wildman–Crippen MR) is 79.9 cm³/mol. The van der Waals surface area contributed by atoms with Crippen LogP contribution in [0.1, 0.15) is 44.9 Å². The summed E-state index contributed by atoms with van der Waals surface area (Å²) in [4.78, 5) is 14.1. The van der Waals surface area contributed by atoms with E-state index in [1.165, 1.54) is 0 Å². The van der Waals surface area contributed by atoms with E-state index in [4.69, 9.17) is 10.2 Å². The summed E-state index contributed by atoms with van der Waals surface area (Å²) in [5.41, 5.74) is 5.58. The van der Waals surface area contributed by atoms with Gasteiger partial charge in [-0.15, -0.1) is 5.10 Å². The van der Waals surface area contributed by atoms with Gasteiger partial charge in [0.05, 0.1) is 6.54 Å². The van der Waals surface area contributed by atoms with Crippen molar-refractivity contribution in [2.24, 2.45) is 11.7 Å². The number of nitrogens with zero attached hydrogens (tertiary/aromatic N) is 3. The van der Waals surface area contributed by atoms with Gasteiger partial charge in [0, 0.05) is 5.92 Å². The molecule has 0 atom stereocenters. The standard InChI is InChI=1S/C14H25N5O2/c1-10(2)13-17-18-14(21-13)16-12(20)9-19-7-4-11(3-6-15)5-8-19/h10-11H,3-9,15H2,1-2H3,(H,16,18,20). The van der Waals surface area contributed by atoms with Crippen LogP contribution < -0.4 is 11.1 Å². The molecule has 1 aromatic heterocycles. The Morgan fingerprint density at radius 1 is 1.43 bits per heavy atom. The third-order valence-electron chi connectivity index (χ3n) is 3.83. The Kier molecular flexibility index (Phi) is 5.69. The molecule has 1 aromatic rings. The number of amides is 1. The zero-order valence-electron chi connectivity index (χ0n) is 12.8. The van der Waals surface area contributed by atoms with Crippen molar-refractivity contribution in [1.82, 2.24) is 15.1 Å². The fraction of sp³-hybridized carbons (Fsp3) is 0.786. The minimum absolute atomic E-state index is 0.105. The Bertz CT molecular complexity index is 452. The lowest BCUT2D eigenvalue weighted by molar-refractivity contribution is -0.117. The minimum Gasteiger partial charge on any atom is -0.408 e. The van der Waals surface area contributed by atoms with E-state index in [0.717, 1.165) is 38.9 Å². The summed E-state index contributed by atoms with van der Waals surface area (Å²) in [7, 11) is 0. The third-order valence-corrected chi connectivity index (χ3v) is 3.83. The largest absolute Gasteiger partial charge is 0.408 e. The Balaban J connectivity index is 1.74. The highest BCUT2D eigenvalue weighted by Gasteiger charge is 2.21. The van der Waals surface area contributed by atoms with Crippen LogP contribution >= 0.6 is 0 Å². The number of rotatable bonds is 6. The molecule has 1 fully saturated rings. The molecule has 118 valence electrons. The van der Waals surface area contributed by atoms with Gasteiger partial charge in [-0.05, 0) is 44.8 Å². The van der Waals surface area contributed by atoms with Gasteiger partial charge in [0.1, 0.15) is 0 Å². The Morgan fingerprint density at radius 3 is 2.71 bits per heavy atom. The number of nitrogens with one attached hydrogen (secondary N) is 1. The van der Waals surface area contributed by atoms with Crippen molar-refractivity contribution >= 4 is 11.9 Å². The highest BCUT2D eigenvalue weighted by atomic mass is 16.4. The maximum Gasteiger partial charge on any atom is 0.322 e. The maximum absolute atomic E-state index is 12.0. The Hall–Kier alpha value is -1.47. The topological polar surface area (TPSA) is 97.3 Å². The zero-order chi connectivity index (χ0) is 15.2. The summed E-state index contributed by atoms with van der Waals surface area (Å²) in [6, 6.07) is 0.182. The lowest BCUT2D eigenvalue weighted by atomic mass is 9.94. The molecule has 0 unspecified atom stereocenters. The van der Waals surface area contributed by atoms with Crippen molar-refractivity contribution in [3.63, 3.8) is 0 Å². The van der Waals surface area contributed by atoms with Gasteiger partial charge in [0.15, 0.2) is 0 Å². The van der Waals surface area contributed by atoms with Crippen molar-refractivity contribution in [1.29, 1.82) is 0 Å². The van der Waals surface area contributed by atoms with Crippen LogP contribution in [-0.2, 0) is 4.79 Å². The molecule has 0 radical (unpaired) electrons. The summed E-state index contributed by atoms with van der Waals surface area (Å²) >= 11 is 0.